The summed E-state index contributed by atoms with van der Waals surface area (Å²) in [6.07, 6.45) is -0.403. The van der Waals surface area contributed by atoms with Gasteiger partial charge in [0, 0.05) is 11.1 Å². The van der Waals surface area contributed by atoms with E-state index in [-0.39, 0.29) is 21.8 Å². The predicted molar refractivity (Wildman–Crippen MR) is 89.4 cm³/mol. The molecule has 0 amide bonds. The van der Waals surface area contributed by atoms with Gasteiger partial charge in [-0.2, -0.15) is 0 Å². The molecule has 0 fully saturated rings. The number of fused-ring (bicyclic) bond motifs is 1. The van der Waals surface area contributed by atoms with Crippen LogP contribution in [0.2, 0.25) is 5.02 Å². The van der Waals surface area contributed by atoms with Crippen molar-refractivity contribution in [3.63, 3.8) is 0 Å². The van der Waals surface area contributed by atoms with Crippen LogP contribution in [0.5, 0.6) is 0 Å². The molecule has 0 aliphatic rings. The molecule has 122 valence electrons. The van der Waals surface area contributed by atoms with Gasteiger partial charge in [0.05, 0.1) is 21.4 Å². The Morgan fingerprint density at radius 3 is 2.67 bits per heavy atom. The molecule has 7 heteroatoms. The first-order valence-corrected chi connectivity index (χ1v) is 7.40. The quantitative estimate of drug-likeness (QED) is 0.576. The van der Waals surface area contributed by atoms with E-state index in [0.717, 1.165) is 11.8 Å². The summed E-state index contributed by atoms with van der Waals surface area (Å²) in [6, 6.07) is 8.90. The van der Waals surface area contributed by atoms with E-state index in [4.69, 9.17) is 16.0 Å². The minimum absolute atomic E-state index is 0.0631. The van der Waals surface area contributed by atoms with Gasteiger partial charge in [-0.05, 0) is 31.2 Å². The molecule has 0 aliphatic heterocycles. The molecule has 3 aromatic rings. The van der Waals surface area contributed by atoms with Crippen LogP contribution in [-0.4, -0.2) is 10.0 Å². The van der Waals surface area contributed by atoms with Crippen molar-refractivity contribution in [3.8, 4) is 0 Å². The summed E-state index contributed by atoms with van der Waals surface area (Å²) in [5, 5.41) is 22.2. The number of nitro groups is 1. The average molecular weight is 346 g/mol. The summed E-state index contributed by atoms with van der Waals surface area (Å²) in [5.41, 5.74) is 0.319. The van der Waals surface area contributed by atoms with E-state index in [1.807, 2.05) is 6.92 Å². The molecule has 1 aromatic heterocycles. The summed E-state index contributed by atoms with van der Waals surface area (Å²) in [7, 11) is 0. The molecular formula is C17H12ClNO5. The van der Waals surface area contributed by atoms with Gasteiger partial charge >= 0.3 is 0 Å². The summed E-state index contributed by atoms with van der Waals surface area (Å²) in [6.45, 7) is 1.82. The van der Waals surface area contributed by atoms with Gasteiger partial charge < -0.3 is 9.52 Å². The largest absolute Gasteiger partial charge is 0.464 e. The number of hydrogen-bond donors (Lipinski definition) is 1. The van der Waals surface area contributed by atoms with Crippen molar-refractivity contribution in [2.24, 2.45) is 0 Å². The van der Waals surface area contributed by atoms with Crippen LogP contribution in [0.4, 0.5) is 5.69 Å². The van der Waals surface area contributed by atoms with Gasteiger partial charge in [-0.15, -0.1) is 0 Å². The zero-order chi connectivity index (χ0) is 17.4. The van der Waals surface area contributed by atoms with Crippen LogP contribution in [-0.2, 0) is 0 Å². The highest BCUT2D eigenvalue weighted by Gasteiger charge is 2.25. The van der Waals surface area contributed by atoms with Crippen molar-refractivity contribution in [2.45, 2.75) is 13.0 Å². The highest BCUT2D eigenvalue weighted by Crippen LogP contribution is 2.31. The number of aliphatic hydroxyl groups excluding tert-OH is 1. The number of hydrogen-bond acceptors (Lipinski definition) is 5. The van der Waals surface area contributed by atoms with Gasteiger partial charge in [0.1, 0.15) is 18.0 Å². The molecule has 3 rings (SSSR count). The van der Waals surface area contributed by atoms with E-state index in [2.05, 4.69) is 0 Å². The summed E-state index contributed by atoms with van der Waals surface area (Å²) in [5.74, 6) is 0. The zero-order valence-corrected chi connectivity index (χ0v) is 13.3. The Bertz CT molecular complexity index is 1010. The van der Waals surface area contributed by atoms with Crippen molar-refractivity contribution in [1.82, 2.24) is 0 Å². The molecule has 1 N–H and O–H groups in total. The molecule has 0 aliphatic carbocycles. The van der Waals surface area contributed by atoms with Crippen LogP contribution in [0, 0.1) is 17.0 Å². The third-order valence-corrected chi connectivity index (χ3v) is 3.97. The van der Waals surface area contributed by atoms with Gasteiger partial charge in [0.2, 0.25) is 0 Å². The molecule has 0 spiro atoms. The first-order valence-electron chi connectivity index (χ1n) is 7.02. The maximum Gasteiger partial charge on any atom is 0.275 e. The number of aliphatic hydroxyl groups is 1. The minimum atomic E-state index is -1.52. The molecule has 24 heavy (non-hydrogen) atoms. The first-order chi connectivity index (χ1) is 11.4. The molecule has 1 unspecified atom stereocenters. The Hall–Kier alpha value is -2.70. The summed E-state index contributed by atoms with van der Waals surface area (Å²) in [4.78, 5) is 23.2. The minimum Gasteiger partial charge on any atom is -0.464 e. The van der Waals surface area contributed by atoms with Gasteiger partial charge in [0.15, 0.2) is 5.43 Å². The van der Waals surface area contributed by atoms with Crippen LogP contribution >= 0.6 is 11.6 Å². The number of aryl methyl sites for hydroxylation is 1. The van der Waals surface area contributed by atoms with E-state index in [1.165, 1.54) is 18.2 Å². The summed E-state index contributed by atoms with van der Waals surface area (Å²) >= 11 is 5.87. The maximum absolute atomic E-state index is 12.6. The third kappa shape index (κ3) is 2.77. The molecule has 1 atom stereocenters. The molecule has 0 saturated carbocycles. The summed E-state index contributed by atoms with van der Waals surface area (Å²) < 4.78 is 5.39. The van der Waals surface area contributed by atoms with Crippen molar-refractivity contribution in [3.05, 3.63) is 84.7 Å². The molecule has 0 radical (unpaired) electrons. The fraction of sp³-hybridized carbons (Fsp3) is 0.118. The highest BCUT2D eigenvalue weighted by molar-refractivity contribution is 6.30. The molecule has 1 heterocycles. The Morgan fingerprint density at radius 1 is 1.21 bits per heavy atom. The highest BCUT2D eigenvalue weighted by atomic mass is 35.5. The van der Waals surface area contributed by atoms with Crippen molar-refractivity contribution in [2.75, 3.05) is 0 Å². The Kier molecular flexibility index (Phi) is 4.09. The molecule has 0 saturated heterocycles. The second-order valence-corrected chi connectivity index (χ2v) is 5.82. The molecule has 2 aromatic carbocycles. The maximum atomic E-state index is 12.6. The number of nitro benzene ring substituents is 1. The Labute approximate surface area is 141 Å². The number of halogens is 1. The standard InChI is InChI=1S/C17H12ClNO5/c1-9-2-5-15-12(6-9)17(21)13(8-24-15)16(20)11-7-10(18)3-4-14(11)19(22)23/h2-8,16,20H,1H3. The van der Waals surface area contributed by atoms with Crippen LogP contribution in [0.15, 0.2) is 51.9 Å². The van der Waals surface area contributed by atoms with Crippen molar-refractivity contribution in [1.29, 1.82) is 0 Å². The SMILES string of the molecule is Cc1ccc2occ(C(O)c3cc(Cl)ccc3[N+](=O)[O-])c(=O)c2c1. The van der Waals surface area contributed by atoms with E-state index in [0.29, 0.717) is 11.0 Å². The molecular weight excluding hydrogens is 334 g/mol. The lowest BCUT2D eigenvalue weighted by molar-refractivity contribution is -0.386. The van der Waals surface area contributed by atoms with E-state index < -0.39 is 16.5 Å². The molecule has 0 bridgehead atoms. The van der Waals surface area contributed by atoms with E-state index >= 15 is 0 Å². The van der Waals surface area contributed by atoms with Crippen molar-refractivity contribution >= 4 is 28.3 Å². The second-order valence-electron chi connectivity index (χ2n) is 5.38. The normalized spacial score (nSPS) is 12.3. The van der Waals surface area contributed by atoms with Gasteiger partial charge in [-0.1, -0.05) is 23.2 Å². The Balaban J connectivity index is 2.21. The topological polar surface area (TPSA) is 93.6 Å². The number of nitrogens with zero attached hydrogens (tertiary/aromatic N) is 1. The fourth-order valence-electron chi connectivity index (χ4n) is 2.53. The lowest BCUT2D eigenvalue weighted by Crippen LogP contribution is -2.15. The Morgan fingerprint density at radius 2 is 1.96 bits per heavy atom. The van der Waals surface area contributed by atoms with Crippen LogP contribution in [0.1, 0.15) is 22.8 Å². The average Bonchev–Trinajstić information content (AvgIpc) is 2.55. The predicted octanol–water partition coefficient (Wildman–Crippen LogP) is 3.74. The third-order valence-electron chi connectivity index (χ3n) is 3.73. The zero-order valence-electron chi connectivity index (χ0n) is 12.5. The van der Waals surface area contributed by atoms with Gasteiger partial charge in [0.25, 0.3) is 5.69 Å². The monoisotopic (exact) mass is 345 g/mol. The smallest absolute Gasteiger partial charge is 0.275 e. The van der Waals surface area contributed by atoms with Gasteiger partial charge in [-0.3, -0.25) is 14.9 Å². The number of benzene rings is 2. The first kappa shape index (κ1) is 16.2. The van der Waals surface area contributed by atoms with Crippen LogP contribution in [0.25, 0.3) is 11.0 Å². The van der Waals surface area contributed by atoms with E-state index in [9.17, 15) is 20.0 Å². The van der Waals surface area contributed by atoms with Crippen molar-refractivity contribution < 1.29 is 14.4 Å². The van der Waals surface area contributed by atoms with Crippen LogP contribution in [0.3, 0.4) is 0 Å². The number of rotatable bonds is 3. The lowest BCUT2D eigenvalue weighted by Gasteiger charge is -2.12. The van der Waals surface area contributed by atoms with Crippen LogP contribution < -0.4 is 5.43 Å². The fourth-order valence-corrected chi connectivity index (χ4v) is 2.71. The lowest BCUT2D eigenvalue weighted by atomic mass is 9.99. The molecule has 6 nitrogen and oxygen atoms in total. The van der Waals surface area contributed by atoms with Gasteiger partial charge in [-0.25, -0.2) is 0 Å². The van der Waals surface area contributed by atoms with E-state index in [1.54, 1.807) is 18.2 Å². The second kappa shape index (κ2) is 6.07.